The van der Waals surface area contributed by atoms with E-state index < -0.39 is 23.7 Å². The highest BCUT2D eigenvalue weighted by atomic mass is 19.4. The zero-order valence-electron chi connectivity index (χ0n) is 9.75. The van der Waals surface area contributed by atoms with Crippen molar-refractivity contribution in [1.82, 2.24) is 0 Å². The predicted octanol–water partition coefficient (Wildman–Crippen LogP) is 3.08. The average Bonchev–Trinajstić information content (AvgIpc) is 2.75. The second-order valence-electron chi connectivity index (χ2n) is 5.32. The Labute approximate surface area is 97.8 Å². The monoisotopic (exact) mass is 248 g/mol. The third-order valence-electron chi connectivity index (χ3n) is 3.62. The molecule has 0 amide bonds. The summed E-state index contributed by atoms with van der Waals surface area (Å²) in [6.07, 6.45) is 0.903. The molecular weight excluding hydrogens is 233 g/mol. The molecule has 2 aliphatic rings. The van der Waals surface area contributed by atoms with E-state index in [0.29, 0.717) is 12.3 Å². The Morgan fingerprint density at radius 2 is 1.88 bits per heavy atom. The molecule has 1 saturated carbocycles. The van der Waals surface area contributed by atoms with Crippen LogP contribution in [-0.2, 0) is 9.53 Å². The Bertz CT molecular complexity index is 357. The van der Waals surface area contributed by atoms with Gasteiger partial charge < -0.3 is 4.74 Å². The third kappa shape index (κ3) is 2.19. The van der Waals surface area contributed by atoms with Crippen molar-refractivity contribution in [3.05, 3.63) is 12.2 Å². The maximum absolute atomic E-state index is 12.6. The molecule has 0 N–H and O–H groups in total. The first-order valence-corrected chi connectivity index (χ1v) is 5.68. The molecule has 0 aliphatic heterocycles. The highest BCUT2D eigenvalue weighted by molar-refractivity contribution is 5.74. The summed E-state index contributed by atoms with van der Waals surface area (Å²) < 4.78 is 42.4. The van der Waals surface area contributed by atoms with Gasteiger partial charge in [0.25, 0.3) is 0 Å². The molecule has 17 heavy (non-hydrogen) atoms. The van der Waals surface area contributed by atoms with Gasteiger partial charge in [-0.25, -0.2) is 0 Å². The quantitative estimate of drug-likeness (QED) is 0.554. The molecule has 5 heteroatoms. The minimum Gasteiger partial charge on any atom is -0.450 e. The number of allylic oxidation sites excluding steroid dienone is 2. The Morgan fingerprint density at radius 1 is 1.24 bits per heavy atom. The maximum atomic E-state index is 12.6. The van der Waals surface area contributed by atoms with Crippen molar-refractivity contribution < 1.29 is 22.7 Å². The molecule has 0 radical (unpaired) electrons. The molecule has 2 aliphatic carbocycles. The van der Waals surface area contributed by atoms with Gasteiger partial charge in [0.1, 0.15) is 0 Å². The van der Waals surface area contributed by atoms with Crippen LogP contribution in [0.25, 0.3) is 0 Å². The van der Waals surface area contributed by atoms with Gasteiger partial charge in [-0.15, -0.1) is 0 Å². The summed E-state index contributed by atoms with van der Waals surface area (Å²) in [7, 11) is 0. The Hall–Kier alpha value is -1.00. The molecule has 0 saturated heterocycles. The van der Waals surface area contributed by atoms with Gasteiger partial charge in [0.05, 0.1) is 5.92 Å². The number of halogens is 3. The minimum absolute atomic E-state index is 0.0662. The number of carbonyl (C=O) groups is 1. The van der Waals surface area contributed by atoms with E-state index in [1.807, 2.05) is 12.2 Å². The van der Waals surface area contributed by atoms with Crippen LogP contribution in [0.4, 0.5) is 13.2 Å². The molecule has 2 nitrogen and oxygen atoms in total. The summed E-state index contributed by atoms with van der Waals surface area (Å²) in [5.74, 6) is -0.709. The van der Waals surface area contributed by atoms with Crippen molar-refractivity contribution in [3.63, 3.8) is 0 Å². The number of rotatable bonds is 2. The maximum Gasteiger partial charge on any atom is 0.427 e. The molecule has 0 aromatic carbocycles. The number of fused-ring (bicyclic) bond motifs is 2. The van der Waals surface area contributed by atoms with E-state index in [0.717, 1.165) is 20.3 Å². The first-order chi connectivity index (χ1) is 7.71. The van der Waals surface area contributed by atoms with Crippen molar-refractivity contribution in [3.8, 4) is 0 Å². The first-order valence-electron chi connectivity index (χ1n) is 5.68. The van der Waals surface area contributed by atoms with Crippen LogP contribution in [0.3, 0.4) is 0 Å². The van der Waals surface area contributed by atoms with Crippen molar-refractivity contribution in [2.24, 2.45) is 17.8 Å². The van der Waals surface area contributed by atoms with Gasteiger partial charge in [0.2, 0.25) is 5.60 Å². The van der Waals surface area contributed by atoms with Gasteiger partial charge in [0.15, 0.2) is 0 Å². The van der Waals surface area contributed by atoms with Gasteiger partial charge in [-0.05, 0) is 38.5 Å². The number of ether oxygens (including phenoxy) is 1. The fourth-order valence-corrected chi connectivity index (χ4v) is 2.44. The first kappa shape index (κ1) is 12.5. The lowest BCUT2D eigenvalue weighted by molar-refractivity contribution is -0.259. The summed E-state index contributed by atoms with van der Waals surface area (Å²) in [6.45, 7) is 1.77. The van der Waals surface area contributed by atoms with Crippen LogP contribution >= 0.6 is 0 Å². The van der Waals surface area contributed by atoms with E-state index in [1.165, 1.54) is 0 Å². The Kier molecular flexibility index (Phi) is 2.75. The predicted molar refractivity (Wildman–Crippen MR) is 55.1 cm³/mol. The Morgan fingerprint density at radius 3 is 2.29 bits per heavy atom. The minimum atomic E-state index is -4.53. The molecule has 96 valence electrons. The van der Waals surface area contributed by atoms with Crippen LogP contribution in [0.2, 0.25) is 0 Å². The molecule has 2 bridgehead atoms. The zero-order valence-corrected chi connectivity index (χ0v) is 9.75. The summed E-state index contributed by atoms with van der Waals surface area (Å²) in [5.41, 5.74) is -2.41. The Balaban J connectivity index is 2.01. The summed E-state index contributed by atoms with van der Waals surface area (Å²) >= 11 is 0. The molecule has 0 heterocycles. The molecule has 0 spiro atoms. The third-order valence-corrected chi connectivity index (χ3v) is 3.62. The normalized spacial score (nSPS) is 31.9. The van der Waals surface area contributed by atoms with Crippen LogP contribution in [0.15, 0.2) is 12.2 Å². The van der Waals surface area contributed by atoms with Crippen LogP contribution in [0.5, 0.6) is 0 Å². The van der Waals surface area contributed by atoms with Crippen molar-refractivity contribution in [1.29, 1.82) is 0 Å². The molecule has 3 atom stereocenters. The van der Waals surface area contributed by atoms with Crippen molar-refractivity contribution in [2.45, 2.75) is 38.5 Å². The fourth-order valence-electron chi connectivity index (χ4n) is 2.44. The number of carbonyl (C=O) groups excluding carboxylic acids is 1. The van der Waals surface area contributed by atoms with E-state index in [-0.39, 0.29) is 5.92 Å². The van der Waals surface area contributed by atoms with Crippen molar-refractivity contribution >= 4 is 5.97 Å². The number of hydrogen-bond donors (Lipinski definition) is 0. The van der Waals surface area contributed by atoms with Gasteiger partial charge in [-0.2, -0.15) is 13.2 Å². The van der Waals surface area contributed by atoms with Crippen LogP contribution in [0, 0.1) is 17.8 Å². The topological polar surface area (TPSA) is 26.3 Å². The highest BCUT2D eigenvalue weighted by Gasteiger charge is 2.52. The molecule has 2 rings (SSSR count). The molecular formula is C12H15F3O2. The standard InChI is InChI=1S/C12H15F3O2/c1-11(2,12(13,14)15)17-10(16)9-6-7-3-4-8(9)5-7/h3-4,7-9H,5-6H2,1-2H3. The van der Waals surface area contributed by atoms with Gasteiger partial charge >= 0.3 is 12.1 Å². The number of hydrogen-bond acceptors (Lipinski definition) is 2. The number of alkyl halides is 3. The molecule has 1 fully saturated rings. The average molecular weight is 248 g/mol. The smallest absolute Gasteiger partial charge is 0.427 e. The van der Waals surface area contributed by atoms with E-state index in [1.54, 1.807) is 0 Å². The van der Waals surface area contributed by atoms with E-state index >= 15 is 0 Å². The van der Waals surface area contributed by atoms with Crippen LogP contribution in [0.1, 0.15) is 26.7 Å². The van der Waals surface area contributed by atoms with Crippen molar-refractivity contribution in [2.75, 3.05) is 0 Å². The zero-order chi connectivity index (χ0) is 12.8. The van der Waals surface area contributed by atoms with Crippen LogP contribution in [-0.4, -0.2) is 17.7 Å². The molecule has 3 unspecified atom stereocenters. The fraction of sp³-hybridized carbons (Fsp3) is 0.750. The summed E-state index contributed by atoms with van der Waals surface area (Å²) in [6, 6.07) is 0. The summed E-state index contributed by atoms with van der Waals surface area (Å²) in [4.78, 5) is 11.7. The van der Waals surface area contributed by atoms with E-state index in [9.17, 15) is 18.0 Å². The molecule has 0 aromatic heterocycles. The van der Waals surface area contributed by atoms with Gasteiger partial charge in [-0.3, -0.25) is 4.79 Å². The summed E-state index contributed by atoms with van der Waals surface area (Å²) in [5, 5.41) is 0. The van der Waals surface area contributed by atoms with E-state index in [4.69, 9.17) is 0 Å². The largest absolute Gasteiger partial charge is 0.450 e. The highest BCUT2D eigenvalue weighted by Crippen LogP contribution is 2.45. The molecule has 0 aromatic rings. The van der Waals surface area contributed by atoms with Gasteiger partial charge in [-0.1, -0.05) is 12.2 Å². The lowest BCUT2D eigenvalue weighted by Gasteiger charge is -2.30. The SMILES string of the molecule is CC(C)(OC(=O)C1CC2C=CC1C2)C(F)(F)F. The van der Waals surface area contributed by atoms with Gasteiger partial charge in [0, 0.05) is 0 Å². The second-order valence-corrected chi connectivity index (χ2v) is 5.32. The van der Waals surface area contributed by atoms with E-state index in [2.05, 4.69) is 4.74 Å². The lowest BCUT2D eigenvalue weighted by atomic mass is 9.93. The van der Waals surface area contributed by atoms with Crippen LogP contribution < -0.4 is 0 Å². The number of esters is 1. The second kappa shape index (κ2) is 3.75. The lowest BCUT2D eigenvalue weighted by Crippen LogP contribution is -2.45.